The Morgan fingerprint density at radius 2 is 2.00 bits per heavy atom. The molecule has 1 rings (SSSR count). The van der Waals surface area contributed by atoms with Crippen LogP contribution in [0.1, 0.15) is 15.9 Å². The lowest BCUT2D eigenvalue weighted by Crippen LogP contribution is -2.15. The lowest BCUT2D eigenvalue weighted by Gasteiger charge is -2.07. The second kappa shape index (κ2) is 3.91. The molecule has 1 N–H and O–H groups in total. The second-order valence-electron chi connectivity index (χ2n) is 2.79. The maximum Gasteiger partial charge on any atom is 0.377 e. The number of ether oxygens (including phenoxy) is 1. The zero-order valence-electron chi connectivity index (χ0n) is 7.90. The van der Waals surface area contributed by atoms with Gasteiger partial charge in [0.05, 0.1) is 12.7 Å². The van der Waals surface area contributed by atoms with Crippen LogP contribution in [0.3, 0.4) is 0 Å². The average Bonchev–Trinajstić information content (AvgIpc) is 2.16. The molecule has 1 aromatic rings. The third-order valence-corrected chi connectivity index (χ3v) is 1.88. The van der Waals surface area contributed by atoms with E-state index in [4.69, 9.17) is 9.84 Å². The number of ketones is 1. The van der Waals surface area contributed by atoms with Crippen molar-refractivity contribution in [3.63, 3.8) is 0 Å². The Morgan fingerprint density at radius 1 is 1.36 bits per heavy atom. The van der Waals surface area contributed by atoms with Crippen LogP contribution in [0.25, 0.3) is 0 Å². The molecule has 0 atom stereocenters. The second-order valence-corrected chi connectivity index (χ2v) is 2.79. The Bertz CT molecular complexity index is 382. The van der Waals surface area contributed by atoms with Crippen LogP contribution in [0.2, 0.25) is 0 Å². The summed E-state index contributed by atoms with van der Waals surface area (Å²) < 4.78 is 4.91. The van der Waals surface area contributed by atoms with Gasteiger partial charge in [-0.2, -0.15) is 0 Å². The van der Waals surface area contributed by atoms with E-state index in [1.165, 1.54) is 7.11 Å². The third-order valence-electron chi connectivity index (χ3n) is 1.88. The van der Waals surface area contributed by atoms with Gasteiger partial charge in [0.1, 0.15) is 5.75 Å². The molecule has 4 nitrogen and oxygen atoms in total. The van der Waals surface area contributed by atoms with Crippen LogP contribution in [0.5, 0.6) is 5.75 Å². The predicted octanol–water partition coefficient (Wildman–Crippen LogP) is 1.27. The van der Waals surface area contributed by atoms with E-state index in [0.717, 1.165) is 0 Å². The molecule has 0 heterocycles. The van der Waals surface area contributed by atoms with Gasteiger partial charge in [0, 0.05) is 0 Å². The molecule has 0 aliphatic heterocycles. The molecule has 0 unspecified atom stereocenters. The van der Waals surface area contributed by atoms with Gasteiger partial charge in [-0.1, -0.05) is 12.1 Å². The monoisotopic (exact) mass is 194 g/mol. The van der Waals surface area contributed by atoms with E-state index in [2.05, 4.69) is 0 Å². The SMILES string of the molecule is COc1cccc(C)c1C(=O)C(=O)O. The van der Waals surface area contributed by atoms with Crippen molar-refractivity contribution in [2.45, 2.75) is 6.92 Å². The number of methoxy groups -OCH3 is 1. The Hall–Kier alpha value is -1.84. The van der Waals surface area contributed by atoms with Gasteiger partial charge < -0.3 is 9.84 Å². The largest absolute Gasteiger partial charge is 0.496 e. The minimum Gasteiger partial charge on any atom is -0.496 e. The van der Waals surface area contributed by atoms with Crippen LogP contribution in [0.15, 0.2) is 18.2 Å². The Kier molecular flexibility index (Phi) is 2.86. The maximum atomic E-state index is 11.3. The number of hydrogen-bond acceptors (Lipinski definition) is 3. The molecule has 0 saturated heterocycles. The van der Waals surface area contributed by atoms with Gasteiger partial charge in [0.2, 0.25) is 0 Å². The summed E-state index contributed by atoms with van der Waals surface area (Å²) in [4.78, 5) is 21.8. The summed E-state index contributed by atoms with van der Waals surface area (Å²) in [5.41, 5.74) is 0.708. The standard InChI is InChI=1S/C10H10O4/c1-6-4-3-5-7(14-2)8(6)9(11)10(12)13/h3-5H,1-2H3,(H,12,13). The summed E-state index contributed by atoms with van der Waals surface area (Å²) in [6, 6.07) is 4.93. The quantitative estimate of drug-likeness (QED) is 0.581. The van der Waals surface area contributed by atoms with Crippen molar-refractivity contribution >= 4 is 11.8 Å². The van der Waals surface area contributed by atoms with Crippen molar-refractivity contribution in [3.8, 4) is 5.75 Å². The van der Waals surface area contributed by atoms with E-state index in [1.54, 1.807) is 25.1 Å². The van der Waals surface area contributed by atoms with Crippen molar-refractivity contribution in [2.75, 3.05) is 7.11 Å². The highest BCUT2D eigenvalue weighted by Crippen LogP contribution is 2.21. The van der Waals surface area contributed by atoms with E-state index in [0.29, 0.717) is 5.56 Å². The van der Waals surface area contributed by atoms with Crippen LogP contribution in [0, 0.1) is 6.92 Å². The first kappa shape index (κ1) is 10.2. The fourth-order valence-corrected chi connectivity index (χ4v) is 1.21. The lowest BCUT2D eigenvalue weighted by atomic mass is 10.0. The fraction of sp³-hybridized carbons (Fsp3) is 0.200. The summed E-state index contributed by atoms with van der Waals surface area (Å²) in [5.74, 6) is -2.13. The molecule has 74 valence electrons. The number of benzene rings is 1. The van der Waals surface area contributed by atoms with Crippen LogP contribution in [-0.2, 0) is 4.79 Å². The number of carboxylic acid groups (broad SMARTS) is 1. The van der Waals surface area contributed by atoms with Crippen molar-refractivity contribution in [1.82, 2.24) is 0 Å². The molecule has 0 aliphatic carbocycles. The number of aliphatic carboxylic acids is 1. The average molecular weight is 194 g/mol. The van der Waals surface area contributed by atoms with Gasteiger partial charge in [0.25, 0.3) is 5.78 Å². The molecule has 0 amide bonds. The van der Waals surface area contributed by atoms with Gasteiger partial charge in [-0.15, -0.1) is 0 Å². The zero-order valence-corrected chi connectivity index (χ0v) is 7.90. The summed E-state index contributed by atoms with van der Waals surface area (Å²) >= 11 is 0. The summed E-state index contributed by atoms with van der Waals surface area (Å²) in [6.45, 7) is 1.67. The minimum absolute atomic E-state index is 0.113. The number of rotatable bonds is 3. The fourth-order valence-electron chi connectivity index (χ4n) is 1.21. The van der Waals surface area contributed by atoms with E-state index >= 15 is 0 Å². The predicted molar refractivity (Wildman–Crippen MR) is 49.7 cm³/mol. The van der Waals surface area contributed by atoms with Gasteiger partial charge in [-0.3, -0.25) is 4.79 Å². The number of hydrogen-bond donors (Lipinski definition) is 1. The van der Waals surface area contributed by atoms with E-state index in [1.807, 2.05) is 0 Å². The molecule has 1 aromatic carbocycles. The highest BCUT2D eigenvalue weighted by atomic mass is 16.5. The Balaban J connectivity index is 3.30. The molecule has 0 aromatic heterocycles. The summed E-state index contributed by atoms with van der Waals surface area (Å²) in [7, 11) is 1.40. The normalized spacial score (nSPS) is 9.57. The highest BCUT2D eigenvalue weighted by molar-refractivity contribution is 6.40. The van der Waals surface area contributed by atoms with E-state index < -0.39 is 11.8 Å². The van der Waals surface area contributed by atoms with Crippen molar-refractivity contribution < 1.29 is 19.4 Å². The van der Waals surface area contributed by atoms with E-state index in [9.17, 15) is 9.59 Å². The van der Waals surface area contributed by atoms with Gasteiger partial charge >= 0.3 is 5.97 Å². The van der Waals surface area contributed by atoms with Gasteiger partial charge in [0.15, 0.2) is 0 Å². The maximum absolute atomic E-state index is 11.3. The van der Waals surface area contributed by atoms with Crippen LogP contribution >= 0.6 is 0 Å². The molecule has 0 radical (unpaired) electrons. The highest BCUT2D eigenvalue weighted by Gasteiger charge is 2.20. The molecule has 0 saturated carbocycles. The molecule has 0 aliphatic rings. The molecule has 0 fully saturated rings. The summed E-state index contributed by atoms with van der Waals surface area (Å²) in [6.07, 6.45) is 0. The van der Waals surface area contributed by atoms with Crippen LogP contribution in [0.4, 0.5) is 0 Å². The Labute approximate surface area is 81.1 Å². The molecular weight excluding hydrogens is 184 g/mol. The molecule has 4 heteroatoms. The third kappa shape index (κ3) is 1.74. The first-order valence-corrected chi connectivity index (χ1v) is 3.99. The first-order valence-electron chi connectivity index (χ1n) is 3.99. The minimum atomic E-state index is -1.47. The van der Waals surface area contributed by atoms with Gasteiger partial charge in [-0.25, -0.2) is 4.79 Å². The van der Waals surface area contributed by atoms with Crippen LogP contribution < -0.4 is 4.74 Å². The number of carbonyl (C=O) groups is 2. The van der Waals surface area contributed by atoms with Crippen molar-refractivity contribution in [1.29, 1.82) is 0 Å². The lowest BCUT2D eigenvalue weighted by molar-refractivity contribution is -0.131. The summed E-state index contributed by atoms with van der Waals surface area (Å²) in [5, 5.41) is 8.57. The zero-order chi connectivity index (χ0) is 10.7. The van der Waals surface area contributed by atoms with Gasteiger partial charge in [-0.05, 0) is 18.6 Å². The number of carboxylic acids is 1. The van der Waals surface area contributed by atoms with Crippen molar-refractivity contribution in [2.24, 2.45) is 0 Å². The Morgan fingerprint density at radius 3 is 2.50 bits per heavy atom. The smallest absolute Gasteiger partial charge is 0.377 e. The van der Waals surface area contributed by atoms with Crippen LogP contribution in [-0.4, -0.2) is 24.0 Å². The number of carbonyl (C=O) groups excluding carboxylic acids is 1. The number of Topliss-reactive ketones (excluding diaryl/α,β-unsaturated/α-hetero) is 1. The molecule has 0 bridgehead atoms. The topological polar surface area (TPSA) is 63.6 Å². The molecule has 14 heavy (non-hydrogen) atoms. The van der Waals surface area contributed by atoms with E-state index in [-0.39, 0.29) is 11.3 Å². The number of aryl methyl sites for hydroxylation is 1. The molecular formula is C10H10O4. The first-order chi connectivity index (χ1) is 6.57. The van der Waals surface area contributed by atoms with Crippen molar-refractivity contribution in [3.05, 3.63) is 29.3 Å². The molecule has 0 spiro atoms.